The summed E-state index contributed by atoms with van der Waals surface area (Å²) in [5, 5.41) is 3.58. The maximum absolute atomic E-state index is 3.58. The summed E-state index contributed by atoms with van der Waals surface area (Å²) in [6, 6.07) is 1.29. The molecule has 1 atom stereocenters. The summed E-state index contributed by atoms with van der Waals surface area (Å²) < 4.78 is 0. The molecule has 0 saturated carbocycles. The first-order chi connectivity index (χ1) is 7.90. The highest BCUT2D eigenvalue weighted by molar-refractivity contribution is 4.80. The quantitative estimate of drug-likeness (QED) is 0.624. The van der Waals surface area contributed by atoms with Gasteiger partial charge in [0.2, 0.25) is 0 Å². The van der Waals surface area contributed by atoms with Crippen LogP contribution in [0.15, 0.2) is 0 Å². The van der Waals surface area contributed by atoms with Gasteiger partial charge in [-0.1, -0.05) is 34.6 Å². The smallest absolute Gasteiger partial charge is 0.0246 e. The van der Waals surface area contributed by atoms with Crippen LogP contribution in [0.4, 0.5) is 0 Å². The molecule has 1 unspecified atom stereocenters. The molecule has 0 aromatic heterocycles. The number of hydrogen-bond donors (Lipinski definition) is 1. The lowest BCUT2D eigenvalue weighted by Crippen LogP contribution is -2.50. The fourth-order valence-corrected chi connectivity index (χ4v) is 2.31. The zero-order valence-electron chi connectivity index (χ0n) is 13.1. The van der Waals surface area contributed by atoms with Gasteiger partial charge in [0.05, 0.1) is 0 Å². The summed E-state index contributed by atoms with van der Waals surface area (Å²) in [6.45, 7) is 19.6. The van der Waals surface area contributed by atoms with Crippen LogP contribution in [0.25, 0.3) is 0 Å². The van der Waals surface area contributed by atoms with E-state index in [1.165, 1.54) is 13.0 Å². The van der Waals surface area contributed by atoms with Crippen molar-refractivity contribution in [3.63, 3.8) is 0 Å². The van der Waals surface area contributed by atoms with E-state index in [-0.39, 0.29) is 0 Å². The zero-order valence-corrected chi connectivity index (χ0v) is 13.1. The van der Waals surface area contributed by atoms with E-state index in [0.717, 1.165) is 19.0 Å². The van der Waals surface area contributed by atoms with Crippen molar-refractivity contribution in [1.29, 1.82) is 0 Å². The molecule has 104 valence electrons. The van der Waals surface area contributed by atoms with Crippen LogP contribution in [-0.4, -0.2) is 36.6 Å². The predicted octanol–water partition coefficient (Wildman–Crippen LogP) is 3.38. The van der Waals surface area contributed by atoms with Crippen molar-refractivity contribution in [1.82, 2.24) is 10.2 Å². The van der Waals surface area contributed by atoms with Gasteiger partial charge in [-0.05, 0) is 38.6 Å². The second-order valence-electron chi connectivity index (χ2n) is 6.20. The second-order valence-corrected chi connectivity index (χ2v) is 6.20. The lowest BCUT2D eigenvalue weighted by molar-refractivity contribution is 0.101. The monoisotopic (exact) mass is 242 g/mol. The van der Waals surface area contributed by atoms with Gasteiger partial charge >= 0.3 is 0 Å². The molecule has 1 N–H and O–H groups in total. The van der Waals surface area contributed by atoms with Crippen LogP contribution in [0.2, 0.25) is 0 Å². The third-order valence-electron chi connectivity index (χ3n) is 3.22. The average molecular weight is 242 g/mol. The molecule has 0 radical (unpaired) electrons. The van der Waals surface area contributed by atoms with Crippen LogP contribution in [0.3, 0.4) is 0 Å². The van der Waals surface area contributed by atoms with Gasteiger partial charge in [-0.2, -0.15) is 0 Å². The molecule has 0 fully saturated rings. The Morgan fingerprint density at radius 2 is 1.59 bits per heavy atom. The molecule has 0 aliphatic rings. The molecule has 0 amide bonds. The van der Waals surface area contributed by atoms with Crippen molar-refractivity contribution >= 4 is 0 Å². The van der Waals surface area contributed by atoms with Crippen molar-refractivity contribution in [2.24, 2.45) is 11.8 Å². The minimum Gasteiger partial charge on any atom is -0.315 e. The molecule has 0 aliphatic heterocycles. The summed E-state index contributed by atoms with van der Waals surface area (Å²) >= 11 is 0. The molecule has 0 aliphatic carbocycles. The normalized spacial score (nSPS) is 14.3. The molecule has 0 aromatic rings. The second kappa shape index (κ2) is 8.93. The van der Waals surface area contributed by atoms with Gasteiger partial charge in [-0.15, -0.1) is 0 Å². The molecular weight excluding hydrogens is 208 g/mol. The number of nitrogens with one attached hydrogen (secondary N) is 1. The number of rotatable bonds is 9. The summed E-state index contributed by atoms with van der Waals surface area (Å²) in [4.78, 5) is 2.66. The first-order valence-electron chi connectivity index (χ1n) is 7.36. The molecule has 2 nitrogen and oxygen atoms in total. The molecule has 0 saturated heterocycles. The summed E-state index contributed by atoms with van der Waals surface area (Å²) in [5.41, 5.74) is 0. The van der Waals surface area contributed by atoms with E-state index in [2.05, 4.69) is 58.7 Å². The molecule has 2 heteroatoms. The van der Waals surface area contributed by atoms with Gasteiger partial charge in [-0.3, -0.25) is 4.90 Å². The maximum Gasteiger partial charge on any atom is 0.0246 e. The highest BCUT2D eigenvalue weighted by atomic mass is 15.2. The van der Waals surface area contributed by atoms with Gasteiger partial charge in [0.25, 0.3) is 0 Å². The average Bonchev–Trinajstić information content (AvgIpc) is 2.20. The Labute approximate surface area is 109 Å². The van der Waals surface area contributed by atoms with Crippen molar-refractivity contribution < 1.29 is 0 Å². The van der Waals surface area contributed by atoms with Crippen molar-refractivity contribution in [3.8, 4) is 0 Å². The Balaban J connectivity index is 4.48. The fourth-order valence-electron chi connectivity index (χ4n) is 2.31. The standard InChI is InChI=1S/C15H34N2/c1-8-9-16-10-15(13(4)5)17(14(6)7)11-12(2)3/h12-16H,8-11H2,1-7H3. The van der Waals surface area contributed by atoms with E-state index in [1.807, 2.05) is 0 Å². The van der Waals surface area contributed by atoms with Crippen molar-refractivity contribution in [3.05, 3.63) is 0 Å². The Hall–Kier alpha value is -0.0800. The van der Waals surface area contributed by atoms with E-state index >= 15 is 0 Å². The maximum atomic E-state index is 3.58. The lowest BCUT2D eigenvalue weighted by atomic mass is 9.99. The Bertz CT molecular complexity index is 176. The third-order valence-corrected chi connectivity index (χ3v) is 3.22. The molecule has 17 heavy (non-hydrogen) atoms. The summed E-state index contributed by atoms with van der Waals surface area (Å²) in [6.07, 6.45) is 1.22. The molecule has 0 bridgehead atoms. The predicted molar refractivity (Wildman–Crippen MR) is 78.5 cm³/mol. The van der Waals surface area contributed by atoms with Gasteiger partial charge in [0.1, 0.15) is 0 Å². The van der Waals surface area contributed by atoms with Gasteiger partial charge in [0.15, 0.2) is 0 Å². The highest BCUT2D eigenvalue weighted by Gasteiger charge is 2.24. The largest absolute Gasteiger partial charge is 0.315 e. The van der Waals surface area contributed by atoms with Gasteiger partial charge < -0.3 is 5.32 Å². The minimum absolute atomic E-state index is 0.633. The van der Waals surface area contributed by atoms with Gasteiger partial charge in [-0.25, -0.2) is 0 Å². The Morgan fingerprint density at radius 1 is 1.00 bits per heavy atom. The van der Waals surface area contributed by atoms with E-state index in [1.54, 1.807) is 0 Å². The topological polar surface area (TPSA) is 15.3 Å². The number of hydrogen-bond acceptors (Lipinski definition) is 2. The summed E-state index contributed by atoms with van der Waals surface area (Å²) in [5.74, 6) is 1.45. The molecule has 0 aromatic carbocycles. The summed E-state index contributed by atoms with van der Waals surface area (Å²) in [7, 11) is 0. The van der Waals surface area contributed by atoms with Gasteiger partial charge in [0, 0.05) is 25.2 Å². The third kappa shape index (κ3) is 7.05. The van der Waals surface area contributed by atoms with E-state index in [9.17, 15) is 0 Å². The van der Waals surface area contributed by atoms with Crippen LogP contribution in [0.1, 0.15) is 54.9 Å². The first kappa shape index (κ1) is 16.9. The Morgan fingerprint density at radius 3 is 1.94 bits per heavy atom. The fraction of sp³-hybridized carbons (Fsp3) is 1.00. The van der Waals surface area contributed by atoms with E-state index in [4.69, 9.17) is 0 Å². The van der Waals surface area contributed by atoms with E-state index in [0.29, 0.717) is 18.0 Å². The minimum atomic E-state index is 0.633. The highest BCUT2D eigenvalue weighted by Crippen LogP contribution is 2.15. The molecule has 0 spiro atoms. The lowest BCUT2D eigenvalue weighted by Gasteiger charge is -2.38. The zero-order chi connectivity index (χ0) is 13.4. The van der Waals surface area contributed by atoms with Crippen molar-refractivity contribution in [2.45, 2.75) is 67.0 Å². The molecule has 0 rings (SSSR count). The van der Waals surface area contributed by atoms with Crippen molar-refractivity contribution in [2.75, 3.05) is 19.6 Å². The molecular formula is C15H34N2. The van der Waals surface area contributed by atoms with Crippen LogP contribution in [-0.2, 0) is 0 Å². The van der Waals surface area contributed by atoms with Crippen LogP contribution >= 0.6 is 0 Å². The molecule has 0 heterocycles. The van der Waals surface area contributed by atoms with Crippen LogP contribution in [0, 0.1) is 11.8 Å². The SMILES string of the molecule is CCCNCC(C(C)C)N(CC(C)C)C(C)C. The van der Waals surface area contributed by atoms with Crippen LogP contribution in [0.5, 0.6) is 0 Å². The van der Waals surface area contributed by atoms with E-state index < -0.39 is 0 Å². The Kier molecular flexibility index (Phi) is 8.89. The van der Waals surface area contributed by atoms with Crippen LogP contribution < -0.4 is 5.32 Å². The first-order valence-corrected chi connectivity index (χ1v) is 7.36. The number of nitrogens with zero attached hydrogens (tertiary/aromatic N) is 1.